The number of nitro benzene ring substituents is 1. The average molecular weight is 476 g/mol. The summed E-state index contributed by atoms with van der Waals surface area (Å²) in [4.78, 5) is 29.2. The number of hydrogen-bond donors (Lipinski definition) is 0. The number of aromatic nitrogens is 1. The average Bonchev–Trinajstić information content (AvgIpc) is 3.02. The summed E-state index contributed by atoms with van der Waals surface area (Å²) in [5.74, 6) is -0.443. The van der Waals surface area contributed by atoms with Crippen LogP contribution in [0.25, 0.3) is 11.3 Å². The normalized spacial score (nSPS) is 11.5. The van der Waals surface area contributed by atoms with E-state index in [-0.39, 0.29) is 17.0 Å². The lowest BCUT2D eigenvalue weighted by Crippen LogP contribution is -2.17. The number of benzene rings is 2. The molecule has 0 aliphatic carbocycles. The van der Waals surface area contributed by atoms with Crippen molar-refractivity contribution in [2.45, 2.75) is 20.4 Å². The monoisotopic (exact) mass is 475 g/mol. The molecule has 0 saturated carbocycles. The Bertz CT molecular complexity index is 1150. The Morgan fingerprint density at radius 2 is 1.97 bits per heavy atom. The molecule has 2 aromatic carbocycles. The van der Waals surface area contributed by atoms with Crippen molar-refractivity contribution in [3.8, 4) is 17.0 Å². The Morgan fingerprint density at radius 3 is 2.55 bits per heavy atom. The third kappa shape index (κ3) is 4.30. The van der Waals surface area contributed by atoms with E-state index >= 15 is 0 Å². The second kappa shape index (κ2) is 8.71. The van der Waals surface area contributed by atoms with Crippen LogP contribution in [0.15, 0.2) is 51.9 Å². The Hall–Kier alpha value is -2.78. The molecular weight excluding hydrogens is 458 g/mol. The highest BCUT2D eigenvalue weighted by Gasteiger charge is 2.19. The first-order valence-electron chi connectivity index (χ1n) is 8.73. The topological polar surface area (TPSA) is 86.7 Å². The van der Waals surface area contributed by atoms with Crippen molar-refractivity contribution in [2.24, 2.45) is 4.99 Å². The lowest BCUT2D eigenvalue weighted by molar-refractivity contribution is -0.385. The number of thiazole rings is 1. The molecule has 29 heavy (non-hydrogen) atoms. The first kappa shape index (κ1) is 20.9. The van der Waals surface area contributed by atoms with E-state index in [0.29, 0.717) is 11.3 Å². The second-order valence-electron chi connectivity index (χ2n) is 6.10. The van der Waals surface area contributed by atoms with Crippen LogP contribution in [0.2, 0.25) is 0 Å². The van der Waals surface area contributed by atoms with Crippen LogP contribution in [0.4, 0.5) is 5.69 Å². The number of hydrogen-bond acceptors (Lipinski definition) is 5. The van der Waals surface area contributed by atoms with Gasteiger partial charge in [0.05, 0.1) is 17.7 Å². The Morgan fingerprint density at radius 1 is 1.28 bits per heavy atom. The largest absolute Gasteiger partial charge is 0.490 e. The van der Waals surface area contributed by atoms with Gasteiger partial charge in [0.25, 0.3) is 5.91 Å². The minimum absolute atomic E-state index is 0.0969. The molecule has 1 heterocycles. The Balaban J connectivity index is 2.08. The number of nitrogens with zero attached hydrogens (tertiary/aromatic N) is 3. The molecule has 0 aliphatic heterocycles. The maximum Gasteiger partial charge on any atom is 0.311 e. The van der Waals surface area contributed by atoms with Gasteiger partial charge in [0.15, 0.2) is 10.6 Å². The number of ether oxygens (including phenoxy) is 1. The van der Waals surface area contributed by atoms with Crippen LogP contribution in [0, 0.1) is 17.0 Å². The summed E-state index contributed by atoms with van der Waals surface area (Å²) >= 11 is 4.85. The summed E-state index contributed by atoms with van der Waals surface area (Å²) in [5.41, 5.74) is 1.89. The lowest BCUT2D eigenvalue weighted by Gasteiger charge is -2.08. The van der Waals surface area contributed by atoms with Crippen LogP contribution in [0.3, 0.4) is 0 Å². The van der Waals surface area contributed by atoms with Gasteiger partial charge in [0.1, 0.15) is 0 Å². The molecule has 3 aromatic rings. The van der Waals surface area contributed by atoms with Crippen molar-refractivity contribution in [1.29, 1.82) is 0 Å². The first-order chi connectivity index (χ1) is 13.8. The summed E-state index contributed by atoms with van der Waals surface area (Å²) in [5, 5.41) is 11.2. The first-order valence-corrected chi connectivity index (χ1v) is 10.3. The third-order valence-electron chi connectivity index (χ3n) is 4.33. The van der Waals surface area contributed by atoms with Gasteiger partial charge in [0.2, 0.25) is 0 Å². The summed E-state index contributed by atoms with van der Waals surface area (Å²) in [7, 11) is 1.34. The van der Waals surface area contributed by atoms with E-state index in [4.69, 9.17) is 4.74 Å². The van der Waals surface area contributed by atoms with Gasteiger partial charge in [-0.25, -0.2) is 0 Å². The summed E-state index contributed by atoms with van der Waals surface area (Å²) in [6.45, 7) is 4.59. The number of carbonyl (C=O) groups is 1. The predicted octanol–water partition coefficient (Wildman–Crippen LogP) is 4.97. The SMILES string of the molecule is CCn1c(-c2ccc(Br)cc2)c(C)sc1=NC(=O)c1ccc(OC)c([N+](=O)[O-])c1. The fourth-order valence-electron chi connectivity index (χ4n) is 2.99. The van der Waals surface area contributed by atoms with Gasteiger partial charge in [-0.1, -0.05) is 28.1 Å². The van der Waals surface area contributed by atoms with Crippen LogP contribution in [-0.2, 0) is 6.54 Å². The molecule has 150 valence electrons. The smallest absolute Gasteiger partial charge is 0.311 e. The van der Waals surface area contributed by atoms with E-state index in [1.165, 1.54) is 36.6 Å². The van der Waals surface area contributed by atoms with Crippen molar-refractivity contribution in [3.63, 3.8) is 0 Å². The van der Waals surface area contributed by atoms with Crippen LogP contribution in [0.1, 0.15) is 22.2 Å². The molecule has 9 heteroatoms. The van der Waals surface area contributed by atoms with Gasteiger partial charge in [-0.15, -0.1) is 11.3 Å². The van der Waals surface area contributed by atoms with Crippen molar-refractivity contribution in [1.82, 2.24) is 4.57 Å². The van der Waals surface area contributed by atoms with E-state index in [1.54, 1.807) is 0 Å². The van der Waals surface area contributed by atoms with Crippen molar-refractivity contribution in [2.75, 3.05) is 7.11 Å². The molecule has 0 atom stereocenters. The van der Waals surface area contributed by atoms with Crippen molar-refractivity contribution < 1.29 is 14.5 Å². The summed E-state index contributed by atoms with van der Waals surface area (Å²) < 4.78 is 7.94. The van der Waals surface area contributed by atoms with Gasteiger partial charge in [0, 0.05) is 27.5 Å². The molecule has 0 radical (unpaired) electrons. The second-order valence-corrected chi connectivity index (χ2v) is 8.20. The lowest BCUT2D eigenvalue weighted by atomic mass is 10.1. The highest BCUT2D eigenvalue weighted by atomic mass is 79.9. The zero-order chi connectivity index (χ0) is 21.1. The van der Waals surface area contributed by atoms with Gasteiger partial charge >= 0.3 is 5.69 Å². The van der Waals surface area contributed by atoms with Gasteiger partial charge in [-0.3, -0.25) is 14.9 Å². The minimum Gasteiger partial charge on any atom is -0.490 e. The zero-order valence-corrected chi connectivity index (χ0v) is 18.4. The molecule has 0 spiro atoms. The number of nitro groups is 1. The van der Waals surface area contributed by atoms with E-state index in [9.17, 15) is 14.9 Å². The molecule has 1 amide bonds. The molecule has 1 aromatic heterocycles. The maximum atomic E-state index is 12.7. The molecule has 0 saturated heterocycles. The number of rotatable bonds is 5. The number of aryl methyl sites for hydroxylation is 1. The summed E-state index contributed by atoms with van der Waals surface area (Å²) in [6, 6.07) is 12.0. The molecule has 0 fully saturated rings. The van der Waals surface area contributed by atoms with E-state index in [1.807, 2.05) is 42.7 Å². The standard InChI is InChI=1S/C20H18BrN3O4S/c1-4-23-18(13-5-8-15(21)9-6-13)12(2)29-20(23)22-19(25)14-7-10-17(28-3)16(11-14)24(26)27/h5-11H,4H2,1-3H3. The van der Waals surface area contributed by atoms with Crippen LogP contribution in [-0.4, -0.2) is 22.5 Å². The molecule has 7 nitrogen and oxygen atoms in total. The maximum absolute atomic E-state index is 12.7. The number of halogens is 1. The highest BCUT2D eigenvalue weighted by Crippen LogP contribution is 2.29. The quantitative estimate of drug-likeness (QED) is 0.385. The van der Waals surface area contributed by atoms with Crippen LogP contribution < -0.4 is 9.54 Å². The minimum atomic E-state index is -0.581. The van der Waals surface area contributed by atoms with Crippen molar-refractivity contribution in [3.05, 3.63) is 72.3 Å². The molecule has 0 aliphatic rings. The summed E-state index contributed by atoms with van der Waals surface area (Å²) in [6.07, 6.45) is 0. The fourth-order valence-corrected chi connectivity index (χ4v) is 4.31. The fraction of sp³-hybridized carbons (Fsp3) is 0.200. The van der Waals surface area contributed by atoms with Crippen LogP contribution >= 0.6 is 27.3 Å². The highest BCUT2D eigenvalue weighted by molar-refractivity contribution is 9.10. The molecule has 3 rings (SSSR count). The van der Waals surface area contributed by atoms with Crippen LogP contribution in [0.5, 0.6) is 5.75 Å². The van der Waals surface area contributed by atoms with E-state index < -0.39 is 10.8 Å². The number of amides is 1. The third-order valence-corrected chi connectivity index (χ3v) is 5.85. The zero-order valence-electron chi connectivity index (χ0n) is 16.0. The van der Waals surface area contributed by atoms with E-state index in [2.05, 4.69) is 20.9 Å². The Labute approximate surface area is 179 Å². The molecule has 0 bridgehead atoms. The number of carbonyl (C=O) groups excluding carboxylic acids is 1. The van der Waals surface area contributed by atoms with Gasteiger partial charge in [-0.05, 0) is 43.7 Å². The predicted molar refractivity (Wildman–Crippen MR) is 115 cm³/mol. The van der Waals surface area contributed by atoms with Gasteiger partial charge < -0.3 is 9.30 Å². The molecule has 0 unspecified atom stereocenters. The molecule has 0 N–H and O–H groups in total. The number of methoxy groups -OCH3 is 1. The Kier molecular flexibility index (Phi) is 6.29. The van der Waals surface area contributed by atoms with E-state index in [0.717, 1.165) is 20.6 Å². The molecular formula is C20H18BrN3O4S. The van der Waals surface area contributed by atoms with Crippen molar-refractivity contribution >= 4 is 38.9 Å². The van der Waals surface area contributed by atoms with Gasteiger partial charge in [-0.2, -0.15) is 4.99 Å².